The third-order valence-electron chi connectivity index (χ3n) is 4.31. The largest absolute Gasteiger partial charge is 0.388 e. The Balaban J connectivity index is 1.44. The molecule has 3 aromatic rings. The van der Waals surface area contributed by atoms with Crippen molar-refractivity contribution in [2.45, 2.75) is 4.21 Å². The van der Waals surface area contributed by atoms with Crippen LogP contribution in [-0.2, 0) is 11.0 Å². The maximum Gasteiger partial charge on any atom is 0.331 e. The minimum absolute atomic E-state index is 0.142. The number of nitrogens with one attached hydrogen (secondary N) is 3. The highest BCUT2D eigenvalue weighted by atomic mass is 35.5. The molecule has 2 aromatic carbocycles. The van der Waals surface area contributed by atoms with Gasteiger partial charge in [0.1, 0.15) is 9.92 Å². The van der Waals surface area contributed by atoms with Crippen LogP contribution in [0.2, 0.25) is 4.34 Å². The standard InChI is InChI=1S/C20H15ClN4O3S2/c1-22-13-6-7-14-15(10-13)24-18(19(14)26)11-2-4-12(5-3-11)23-20(27)25-30(28)17-9-8-16(21)29-17/h2-10,22H,1H3,(H2,23,25,27). The summed E-state index contributed by atoms with van der Waals surface area (Å²) in [6, 6.07) is 14.7. The van der Waals surface area contributed by atoms with Gasteiger partial charge < -0.3 is 10.6 Å². The maximum absolute atomic E-state index is 12.6. The highest BCUT2D eigenvalue weighted by Gasteiger charge is 2.25. The Morgan fingerprint density at radius 2 is 1.80 bits per heavy atom. The lowest BCUT2D eigenvalue weighted by Crippen LogP contribution is -2.30. The fourth-order valence-electron chi connectivity index (χ4n) is 2.87. The first-order valence-electron chi connectivity index (χ1n) is 8.75. The second-order valence-corrected chi connectivity index (χ2v) is 9.39. The van der Waals surface area contributed by atoms with Crippen molar-refractivity contribution in [2.24, 2.45) is 4.99 Å². The minimum Gasteiger partial charge on any atom is -0.388 e. The number of aliphatic imine (C=N–C) groups is 1. The molecule has 0 spiro atoms. The Kier molecular flexibility index (Phi) is 5.67. The average Bonchev–Trinajstić information content (AvgIpc) is 3.31. The van der Waals surface area contributed by atoms with E-state index in [1.807, 2.05) is 12.1 Å². The summed E-state index contributed by atoms with van der Waals surface area (Å²) >= 11 is 6.94. The fourth-order valence-corrected chi connectivity index (χ4v) is 4.99. The summed E-state index contributed by atoms with van der Waals surface area (Å²) < 4.78 is 15.4. The molecule has 2 amide bonds. The zero-order valence-electron chi connectivity index (χ0n) is 15.6. The molecule has 7 nitrogen and oxygen atoms in total. The van der Waals surface area contributed by atoms with Gasteiger partial charge in [0.2, 0.25) is 5.78 Å². The van der Waals surface area contributed by atoms with Crippen LogP contribution < -0.4 is 15.4 Å². The topological polar surface area (TPSA) is 99.7 Å². The SMILES string of the molecule is CNc1ccc2c(c1)N=C(c1ccc(NC(=O)NS(=O)c3ccc(Cl)s3)cc1)C2=O. The quantitative estimate of drug-likeness (QED) is 0.520. The number of Topliss-reactive ketones (excluding diaryl/α,β-unsaturated/α-hetero) is 1. The molecule has 0 radical (unpaired) electrons. The molecule has 10 heteroatoms. The van der Waals surface area contributed by atoms with Crippen molar-refractivity contribution in [1.29, 1.82) is 0 Å². The fraction of sp³-hybridized carbons (Fsp3) is 0.0500. The molecule has 0 bridgehead atoms. The molecular weight excluding hydrogens is 444 g/mol. The van der Waals surface area contributed by atoms with E-state index < -0.39 is 17.0 Å². The predicted molar refractivity (Wildman–Crippen MR) is 121 cm³/mol. The summed E-state index contributed by atoms with van der Waals surface area (Å²) in [6.07, 6.45) is 0. The third-order valence-corrected chi connectivity index (χ3v) is 6.91. The van der Waals surface area contributed by atoms with E-state index in [4.69, 9.17) is 11.6 Å². The molecule has 1 aromatic heterocycles. The van der Waals surface area contributed by atoms with Crippen molar-refractivity contribution in [3.8, 4) is 0 Å². The van der Waals surface area contributed by atoms with Crippen molar-refractivity contribution >= 4 is 68.5 Å². The molecule has 30 heavy (non-hydrogen) atoms. The number of ketones is 1. The second kappa shape index (κ2) is 8.39. The first-order chi connectivity index (χ1) is 14.4. The van der Waals surface area contributed by atoms with Crippen LogP contribution in [0, 0.1) is 0 Å². The number of hydrogen-bond acceptors (Lipinski definition) is 6. The van der Waals surface area contributed by atoms with Crippen molar-refractivity contribution in [3.63, 3.8) is 0 Å². The van der Waals surface area contributed by atoms with Crippen LogP contribution in [0.3, 0.4) is 0 Å². The van der Waals surface area contributed by atoms with Gasteiger partial charge in [-0.1, -0.05) is 23.7 Å². The number of rotatable bonds is 5. The summed E-state index contributed by atoms with van der Waals surface area (Å²) in [7, 11) is 0.102. The van der Waals surface area contributed by atoms with Gasteiger partial charge in [0.15, 0.2) is 11.0 Å². The van der Waals surface area contributed by atoms with Gasteiger partial charge in [-0.3, -0.25) is 9.52 Å². The summed E-state index contributed by atoms with van der Waals surface area (Å²) in [4.78, 5) is 29.2. The first kappa shape index (κ1) is 20.3. The zero-order chi connectivity index (χ0) is 21.3. The van der Waals surface area contributed by atoms with Crippen LogP contribution in [0.15, 0.2) is 63.8 Å². The highest BCUT2D eigenvalue weighted by molar-refractivity contribution is 7.86. The van der Waals surface area contributed by atoms with E-state index in [0.717, 1.165) is 17.0 Å². The zero-order valence-corrected chi connectivity index (χ0v) is 18.0. The van der Waals surface area contributed by atoms with Gasteiger partial charge in [-0.2, -0.15) is 0 Å². The molecule has 152 valence electrons. The smallest absolute Gasteiger partial charge is 0.331 e. The normalized spacial score (nSPS) is 13.4. The molecule has 0 saturated heterocycles. The molecule has 0 aliphatic carbocycles. The molecule has 1 aliphatic heterocycles. The first-order valence-corrected chi connectivity index (χ1v) is 11.1. The number of anilines is 2. The van der Waals surface area contributed by atoms with Crippen molar-refractivity contribution in [3.05, 3.63) is 70.1 Å². The van der Waals surface area contributed by atoms with E-state index in [9.17, 15) is 13.8 Å². The van der Waals surface area contributed by atoms with Crippen LogP contribution in [-0.4, -0.2) is 28.8 Å². The molecule has 0 fully saturated rings. The van der Waals surface area contributed by atoms with Gasteiger partial charge in [0.25, 0.3) is 0 Å². The number of fused-ring (bicyclic) bond motifs is 1. The summed E-state index contributed by atoms with van der Waals surface area (Å²) in [6.45, 7) is 0. The molecular formula is C20H15ClN4O3S2. The number of benzene rings is 2. The molecule has 1 atom stereocenters. The maximum atomic E-state index is 12.6. The number of thiophene rings is 1. The number of carbonyl (C=O) groups excluding carboxylic acids is 2. The molecule has 3 N–H and O–H groups in total. The van der Waals surface area contributed by atoms with Crippen molar-refractivity contribution < 1.29 is 13.8 Å². The van der Waals surface area contributed by atoms with Gasteiger partial charge in [0.05, 0.1) is 15.6 Å². The van der Waals surface area contributed by atoms with E-state index in [2.05, 4.69) is 20.3 Å². The van der Waals surface area contributed by atoms with Crippen molar-refractivity contribution in [2.75, 3.05) is 17.7 Å². The Morgan fingerprint density at radius 3 is 2.47 bits per heavy atom. The Hall–Kier alpha value is -3.01. The number of nitrogens with zero attached hydrogens (tertiary/aromatic N) is 1. The van der Waals surface area contributed by atoms with Crippen LogP contribution in [0.5, 0.6) is 0 Å². The molecule has 1 aliphatic rings. The summed E-state index contributed by atoms with van der Waals surface area (Å²) in [5.74, 6) is -0.142. The van der Waals surface area contributed by atoms with E-state index in [1.54, 1.807) is 49.5 Å². The van der Waals surface area contributed by atoms with Crippen LogP contribution in [0.1, 0.15) is 15.9 Å². The number of carbonyl (C=O) groups is 2. The number of hydrogen-bond donors (Lipinski definition) is 3. The average molecular weight is 459 g/mol. The van der Waals surface area contributed by atoms with Gasteiger partial charge in [0, 0.05) is 24.0 Å². The van der Waals surface area contributed by atoms with E-state index >= 15 is 0 Å². The Morgan fingerprint density at radius 1 is 1.07 bits per heavy atom. The number of urea groups is 1. The number of amides is 2. The number of halogens is 1. The summed E-state index contributed by atoms with van der Waals surface area (Å²) in [5.41, 5.74) is 3.54. The van der Waals surface area contributed by atoms with Crippen LogP contribution in [0.25, 0.3) is 0 Å². The van der Waals surface area contributed by atoms with E-state index in [1.165, 1.54) is 0 Å². The molecule has 2 heterocycles. The Labute approximate surface area is 183 Å². The molecule has 0 saturated carbocycles. The lowest BCUT2D eigenvalue weighted by Gasteiger charge is -2.07. The summed E-state index contributed by atoms with van der Waals surface area (Å²) in [5, 5.41) is 5.63. The van der Waals surface area contributed by atoms with Crippen LogP contribution >= 0.6 is 22.9 Å². The van der Waals surface area contributed by atoms with Crippen LogP contribution in [0.4, 0.5) is 21.9 Å². The Bertz CT molecular complexity index is 1210. The van der Waals surface area contributed by atoms with E-state index in [-0.39, 0.29) is 5.78 Å². The highest BCUT2D eigenvalue weighted by Crippen LogP contribution is 2.31. The van der Waals surface area contributed by atoms with Gasteiger partial charge in [-0.15, -0.1) is 11.3 Å². The predicted octanol–water partition coefficient (Wildman–Crippen LogP) is 4.60. The van der Waals surface area contributed by atoms with Gasteiger partial charge in [-0.05, 0) is 42.5 Å². The van der Waals surface area contributed by atoms with Gasteiger partial charge in [-0.25, -0.2) is 14.0 Å². The third kappa shape index (κ3) is 4.13. The lowest BCUT2D eigenvalue weighted by molar-refractivity contribution is 0.107. The lowest BCUT2D eigenvalue weighted by atomic mass is 10.0. The van der Waals surface area contributed by atoms with Gasteiger partial charge >= 0.3 is 6.03 Å². The van der Waals surface area contributed by atoms with E-state index in [0.29, 0.717) is 36.8 Å². The second-order valence-electron chi connectivity index (χ2n) is 6.23. The monoisotopic (exact) mass is 458 g/mol. The van der Waals surface area contributed by atoms with Crippen molar-refractivity contribution in [1.82, 2.24) is 4.72 Å². The molecule has 4 rings (SSSR count). The minimum atomic E-state index is -1.70. The molecule has 1 unspecified atom stereocenters.